The fraction of sp³-hybridized carbons (Fsp3) is 0.310. The lowest BCUT2D eigenvalue weighted by atomic mass is 9.96. The molecule has 204 valence electrons. The summed E-state index contributed by atoms with van der Waals surface area (Å²) in [5, 5.41) is 6.95. The average Bonchev–Trinajstić information content (AvgIpc) is 3.38. The zero-order valence-corrected chi connectivity index (χ0v) is 22.4. The van der Waals surface area contributed by atoms with E-state index in [1.54, 1.807) is 30.5 Å². The Bertz CT molecular complexity index is 1560. The van der Waals surface area contributed by atoms with Gasteiger partial charge in [-0.3, -0.25) is 14.7 Å². The number of cyclic esters (lactones) is 1. The number of rotatable bonds is 7. The van der Waals surface area contributed by atoms with Crippen LogP contribution in [0.5, 0.6) is 0 Å². The number of amides is 2. The van der Waals surface area contributed by atoms with E-state index >= 15 is 0 Å². The highest BCUT2D eigenvalue weighted by Crippen LogP contribution is 2.28. The van der Waals surface area contributed by atoms with Crippen molar-refractivity contribution in [3.63, 3.8) is 0 Å². The Morgan fingerprint density at radius 1 is 1.12 bits per heavy atom. The van der Waals surface area contributed by atoms with Crippen LogP contribution >= 0.6 is 0 Å². The molecule has 0 radical (unpaired) electrons. The molecule has 0 unspecified atom stereocenters. The molecule has 40 heavy (non-hydrogen) atoms. The molecule has 2 saturated heterocycles. The largest absolute Gasteiger partial charge is 0.447 e. The zero-order chi connectivity index (χ0) is 27.6. The second-order valence-corrected chi connectivity index (χ2v) is 10.0. The number of carbonyl (C=O) groups excluding carboxylic acids is 2. The van der Waals surface area contributed by atoms with Crippen molar-refractivity contribution in [2.45, 2.75) is 18.9 Å². The number of nitrogens with zero attached hydrogens (tertiary/aromatic N) is 6. The maximum absolute atomic E-state index is 12.3. The lowest BCUT2D eigenvalue weighted by molar-refractivity contribution is 0.0964. The van der Waals surface area contributed by atoms with Crippen LogP contribution in [0.25, 0.3) is 22.2 Å². The van der Waals surface area contributed by atoms with Crippen molar-refractivity contribution in [2.75, 3.05) is 50.1 Å². The third-order valence-corrected chi connectivity index (χ3v) is 7.55. The second-order valence-electron chi connectivity index (χ2n) is 10.0. The summed E-state index contributed by atoms with van der Waals surface area (Å²) in [4.78, 5) is 46.2. The van der Waals surface area contributed by atoms with Crippen molar-refractivity contribution in [1.29, 1.82) is 0 Å². The summed E-state index contributed by atoms with van der Waals surface area (Å²) in [6.45, 7) is 5.23. The van der Waals surface area contributed by atoms with Crippen LogP contribution in [0.15, 0.2) is 61.2 Å². The van der Waals surface area contributed by atoms with Crippen molar-refractivity contribution in [3.8, 4) is 11.3 Å². The zero-order valence-electron chi connectivity index (χ0n) is 22.4. The molecular weight excluding hydrogens is 508 g/mol. The van der Waals surface area contributed by atoms with E-state index in [9.17, 15) is 9.59 Å². The van der Waals surface area contributed by atoms with Crippen LogP contribution in [0, 0.1) is 0 Å². The minimum absolute atomic E-state index is 0.0724. The van der Waals surface area contributed by atoms with Crippen molar-refractivity contribution in [3.05, 3.63) is 72.3 Å². The van der Waals surface area contributed by atoms with Crippen molar-refractivity contribution >= 4 is 34.5 Å². The molecule has 3 aromatic heterocycles. The monoisotopic (exact) mass is 538 g/mol. The Balaban J connectivity index is 1.13. The van der Waals surface area contributed by atoms with E-state index in [0.29, 0.717) is 37.6 Å². The average molecular weight is 539 g/mol. The van der Waals surface area contributed by atoms with Gasteiger partial charge in [-0.1, -0.05) is 25.1 Å². The first-order valence-corrected chi connectivity index (χ1v) is 13.3. The number of carbonyl (C=O) groups is 2. The number of anilines is 2. The molecule has 2 amide bonds. The first-order valence-electron chi connectivity index (χ1n) is 13.3. The van der Waals surface area contributed by atoms with Gasteiger partial charge in [-0.05, 0) is 23.8 Å². The molecule has 5 heterocycles. The van der Waals surface area contributed by atoms with Gasteiger partial charge in [0.1, 0.15) is 24.6 Å². The lowest BCUT2D eigenvalue weighted by Gasteiger charge is -2.36. The van der Waals surface area contributed by atoms with E-state index in [1.807, 2.05) is 42.6 Å². The summed E-state index contributed by atoms with van der Waals surface area (Å²) in [5.41, 5.74) is 4.14. The number of hydrogen-bond acceptors (Lipinski definition) is 9. The van der Waals surface area contributed by atoms with Gasteiger partial charge in [0.2, 0.25) is 0 Å². The highest BCUT2D eigenvalue weighted by molar-refractivity contribution is 6.06. The van der Waals surface area contributed by atoms with Gasteiger partial charge in [-0.15, -0.1) is 0 Å². The standard InChI is InChI=1S/C29H30N8O3/c1-18(21-4-3-5-22-23(28(38)30-2)8-9-31-27(21)22)13-32-25-12-24(34-17-35-25)19-6-7-26(33-14-19)36-10-11-37-20(15-36)16-40-29(37)39/h3-9,12,14,17-18,20H,10-11,13,15-16H2,1-2H3,(H,30,38)(H,32,34,35)/t18-,20+/m1/s1. The SMILES string of the molecule is CNC(=O)c1ccnc2c([C@H](C)CNc3cc(-c4ccc(N5CCN6C(=O)OC[C@@H]6C5)nc4)ncn3)cccc12. The fourth-order valence-electron chi connectivity index (χ4n) is 5.33. The van der Waals surface area contributed by atoms with Gasteiger partial charge in [0, 0.05) is 68.6 Å². The molecule has 0 spiro atoms. The summed E-state index contributed by atoms with van der Waals surface area (Å²) in [7, 11) is 1.63. The van der Waals surface area contributed by atoms with Gasteiger partial charge in [0.05, 0.1) is 22.8 Å². The number of hydrogen-bond donors (Lipinski definition) is 2. The molecule has 2 aliphatic rings. The first kappa shape index (κ1) is 25.5. The van der Waals surface area contributed by atoms with Gasteiger partial charge in [-0.25, -0.2) is 19.7 Å². The van der Waals surface area contributed by atoms with Gasteiger partial charge >= 0.3 is 6.09 Å². The molecule has 2 N–H and O–H groups in total. The molecule has 2 aliphatic heterocycles. The number of pyridine rings is 2. The van der Waals surface area contributed by atoms with E-state index in [1.165, 1.54) is 0 Å². The molecule has 0 saturated carbocycles. The van der Waals surface area contributed by atoms with Gasteiger partial charge < -0.3 is 20.3 Å². The predicted molar refractivity (Wildman–Crippen MR) is 151 cm³/mol. The maximum atomic E-state index is 12.3. The van der Waals surface area contributed by atoms with E-state index in [-0.39, 0.29) is 24.0 Å². The molecule has 11 heteroatoms. The molecule has 0 aliphatic carbocycles. The molecule has 0 bridgehead atoms. The number of para-hydroxylation sites is 1. The molecule has 2 fully saturated rings. The summed E-state index contributed by atoms with van der Waals surface area (Å²) in [6, 6.07) is 13.7. The number of aromatic nitrogens is 4. The molecule has 4 aromatic rings. The first-order chi connectivity index (χ1) is 19.5. The minimum atomic E-state index is -0.223. The maximum Gasteiger partial charge on any atom is 0.410 e. The van der Waals surface area contributed by atoms with Crippen molar-refractivity contribution in [1.82, 2.24) is 30.2 Å². The molecule has 11 nitrogen and oxygen atoms in total. The van der Waals surface area contributed by atoms with Crippen LogP contribution in [-0.2, 0) is 4.74 Å². The summed E-state index contributed by atoms with van der Waals surface area (Å²) >= 11 is 0. The van der Waals surface area contributed by atoms with Gasteiger partial charge in [0.25, 0.3) is 5.91 Å². The lowest BCUT2D eigenvalue weighted by Crippen LogP contribution is -2.52. The van der Waals surface area contributed by atoms with Crippen LogP contribution in [0.4, 0.5) is 16.4 Å². The molecule has 1 aromatic carbocycles. The van der Waals surface area contributed by atoms with Crippen LogP contribution in [0.3, 0.4) is 0 Å². The second kappa shape index (κ2) is 10.8. The topological polar surface area (TPSA) is 125 Å². The molecule has 2 atom stereocenters. The van der Waals surface area contributed by atoms with Crippen LogP contribution in [0.1, 0.15) is 28.8 Å². The van der Waals surface area contributed by atoms with Crippen molar-refractivity contribution in [2.24, 2.45) is 0 Å². The van der Waals surface area contributed by atoms with Gasteiger partial charge in [0.15, 0.2) is 0 Å². The Morgan fingerprint density at radius 2 is 2.02 bits per heavy atom. The van der Waals surface area contributed by atoms with E-state index in [4.69, 9.17) is 4.74 Å². The van der Waals surface area contributed by atoms with E-state index < -0.39 is 0 Å². The molecular formula is C29H30N8O3. The van der Waals surface area contributed by atoms with Crippen molar-refractivity contribution < 1.29 is 14.3 Å². The number of benzene rings is 1. The van der Waals surface area contributed by atoms with E-state index in [0.717, 1.165) is 40.1 Å². The smallest absolute Gasteiger partial charge is 0.410 e. The summed E-state index contributed by atoms with van der Waals surface area (Å²) in [5.74, 6) is 1.56. The number of piperazine rings is 1. The Labute approximate surface area is 231 Å². The summed E-state index contributed by atoms with van der Waals surface area (Å²) < 4.78 is 5.17. The normalized spacial score (nSPS) is 17.4. The molecule has 6 rings (SSSR count). The number of nitrogens with one attached hydrogen (secondary N) is 2. The highest BCUT2D eigenvalue weighted by Gasteiger charge is 2.37. The number of fused-ring (bicyclic) bond motifs is 2. The fourth-order valence-corrected chi connectivity index (χ4v) is 5.33. The third kappa shape index (κ3) is 4.86. The Morgan fingerprint density at radius 3 is 2.85 bits per heavy atom. The van der Waals surface area contributed by atoms with Crippen LogP contribution < -0.4 is 15.5 Å². The predicted octanol–water partition coefficient (Wildman–Crippen LogP) is 3.30. The Hall–Kier alpha value is -4.80. The van der Waals surface area contributed by atoms with Crippen LogP contribution in [-0.4, -0.2) is 82.7 Å². The van der Waals surface area contributed by atoms with Gasteiger partial charge in [-0.2, -0.15) is 0 Å². The number of ether oxygens (including phenoxy) is 1. The highest BCUT2D eigenvalue weighted by atomic mass is 16.6. The Kier molecular flexibility index (Phi) is 6.85. The third-order valence-electron chi connectivity index (χ3n) is 7.55. The quantitative estimate of drug-likeness (QED) is 0.365. The van der Waals surface area contributed by atoms with Crippen LogP contribution in [0.2, 0.25) is 0 Å². The minimum Gasteiger partial charge on any atom is -0.447 e. The van der Waals surface area contributed by atoms with E-state index in [2.05, 4.69) is 42.4 Å². The summed E-state index contributed by atoms with van der Waals surface area (Å²) in [6.07, 6.45) is 4.82.